The zero-order valence-electron chi connectivity index (χ0n) is 52.2. The lowest BCUT2D eigenvalue weighted by atomic mass is 9.97. The van der Waals surface area contributed by atoms with Gasteiger partial charge < -0.3 is 65.1 Å². The number of nitrogens with one attached hydrogen (secondary N) is 1. The standard InChI is InChI=1S/C69H123NO13/c1-3-5-7-9-11-13-15-17-19-21-22-23-24-25-26-27-28-29-30-31-32-33-34-35-37-38-40-42-44-46-48-50-52-58(73)57(70-61(74)53-51-49-47-45-43-41-39-36-20-18-16-14-12-10-8-6-4-2)56-80-68-66(79)64(77)67(60(55-72)82-68)83-69-65(78)63(76)62(75)59(54-71)81-69/h6,8,12,14,18,20,39,41-42,44,50,52,57-60,62-69,71-73,75-79H,3-5,7,9-11,13,15-17,19,21-38,40,43,45-49,51,53-56H2,1-2H3,(H,70,74)/b8-6-,14-12-,20-18-,41-39-,44-42+,52-50+. The van der Waals surface area contributed by atoms with Gasteiger partial charge in [-0.3, -0.25) is 4.79 Å². The first kappa shape index (κ1) is 76.5. The minimum atomic E-state index is -1.80. The Kier molecular flexibility index (Phi) is 49.5. The summed E-state index contributed by atoms with van der Waals surface area (Å²) in [6.45, 7) is 2.66. The minimum Gasteiger partial charge on any atom is -0.394 e. The summed E-state index contributed by atoms with van der Waals surface area (Å²) in [5.74, 6) is -0.273. The van der Waals surface area contributed by atoms with Crippen molar-refractivity contribution in [1.82, 2.24) is 5.32 Å². The Bertz CT molecular complexity index is 1670. The largest absolute Gasteiger partial charge is 0.394 e. The van der Waals surface area contributed by atoms with Crippen LogP contribution in [0.1, 0.15) is 264 Å². The summed E-state index contributed by atoms with van der Waals surface area (Å²) in [4.78, 5) is 13.3. The molecule has 0 aromatic carbocycles. The molecule has 0 saturated carbocycles. The first-order valence-corrected chi connectivity index (χ1v) is 33.7. The van der Waals surface area contributed by atoms with Gasteiger partial charge in [0.2, 0.25) is 5.91 Å². The zero-order chi connectivity index (χ0) is 60.2. The van der Waals surface area contributed by atoms with E-state index in [1.807, 2.05) is 6.08 Å². The molecule has 2 heterocycles. The Balaban J connectivity index is 1.69. The van der Waals surface area contributed by atoms with E-state index in [0.29, 0.717) is 12.8 Å². The third-order valence-corrected chi connectivity index (χ3v) is 16.1. The zero-order valence-corrected chi connectivity index (χ0v) is 52.2. The van der Waals surface area contributed by atoms with Gasteiger partial charge in [0.25, 0.3) is 0 Å². The quantitative estimate of drug-likeness (QED) is 0.0204. The van der Waals surface area contributed by atoms with Crippen LogP contribution in [-0.4, -0.2) is 140 Å². The van der Waals surface area contributed by atoms with Crippen LogP contribution in [0.4, 0.5) is 0 Å². The van der Waals surface area contributed by atoms with E-state index in [9.17, 15) is 45.6 Å². The van der Waals surface area contributed by atoms with Crippen molar-refractivity contribution in [2.75, 3.05) is 19.8 Å². The molecule has 0 aliphatic carbocycles. The molecule has 482 valence electrons. The maximum absolute atomic E-state index is 13.3. The number of amides is 1. The van der Waals surface area contributed by atoms with Gasteiger partial charge >= 0.3 is 0 Å². The maximum Gasteiger partial charge on any atom is 0.220 e. The van der Waals surface area contributed by atoms with E-state index in [4.69, 9.17) is 18.9 Å². The normalized spacial score (nSPS) is 24.3. The Hall–Kier alpha value is -2.57. The Morgan fingerprint density at radius 1 is 0.446 bits per heavy atom. The Labute approximate surface area is 504 Å². The van der Waals surface area contributed by atoms with Gasteiger partial charge in [-0.1, -0.05) is 260 Å². The highest BCUT2D eigenvalue weighted by Crippen LogP contribution is 2.30. The van der Waals surface area contributed by atoms with Gasteiger partial charge in [-0.15, -0.1) is 0 Å². The summed E-state index contributed by atoms with van der Waals surface area (Å²) >= 11 is 0. The van der Waals surface area contributed by atoms with E-state index in [2.05, 4.69) is 79.9 Å². The van der Waals surface area contributed by atoms with Crippen molar-refractivity contribution in [3.63, 3.8) is 0 Å². The van der Waals surface area contributed by atoms with Crippen molar-refractivity contribution in [2.45, 2.75) is 338 Å². The Morgan fingerprint density at radius 2 is 0.843 bits per heavy atom. The summed E-state index contributed by atoms with van der Waals surface area (Å²) < 4.78 is 22.8. The summed E-state index contributed by atoms with van der Waals surface area (Å²) in [5.41, 5.74) is 0. The van der Waals surface area contributed by atoms with Crippen LogP contribution in [0, 0.1) is 0 Å². The van der Waals surface area contributed by atoms with Gasteiger partial charge in [0.15, 0.2) is 12.6 Å². The number of rotatable bonds is 54. The highest BCUT2D eigenvalue weighted by Gasteiger charge is 2.51. The lowest BCUT2D eigenvalue weighted by molar-refractivity contribution is -0.359. The molecule has 0 spiro atoms. The monoisotopic (exact) mass is 1170 g/mol. The van der Waals surface area contributed by atoms with E-state index in [1.54, 1.807) is 6.08 Å². The molecule has 14 nitrogen and oxygen atoms in total. The van der Waals surface area contributed by atoms with Gasteiger partial charge in [-0.05, 0) is 70.6 Å². The molecule has 2 aliphatic rings. The van der Waals surface area contributed by atoms with E-state index in [0.717, 1.165) is 64.2 Å². The van der Waals surface area contributed by atoms with Crippen LogP contribution in [-0.2, 0) is 23.7 Å². The van der Waals surface area contributed by atoms with Crippen molar-refractivity contribution in [2.24, 2.45) is 0 Å². The fraction of sp³-hybridized carbons (Fsp3) is 0.812. The molecule has 2 saturated heterocycles. The van der Waals surface area contributed by atoms with E-state index in [1.165, 1.54) is 167 Å². The van der Waals surface area contributed by atoms with Crippen molar-refractivity contribution in [3.8, 4) is 0 Å². The number of aliphatic hydroxyl groups excluding tert-OH is 8. The van der Waals surface area contributed by atoms with Crippen LogP contribution in [0.5, 0.6) is 0 Å². The number of aliphatic hydroxyl groups is 8. The second-order valence-electron chi connectivity index (χ2n) is 23.6. The highest BCUT2D eigenvalue weighted by atomic mass is 16.7. The molecule has 2 rings (SSSR count). The first-order chi connectivity index (χ1) is 40.6. The molecule has 0 aromatic rings. The third kappa shape index (κ3) is 38.4. The number of ether oxygens (including phenoxy) is 4. The molecule has 1 amide bonds. The molecule has 2 aliphatic heterocycles. The molecule has 2 fully saturated rings. The van der Waals surface area contributed by atoms with Crippen LogP contribution < -0.4 is 5.32 Å². The van der Waals surface area contributed by atoms with Gasteiger partial charge in [0.05, 0.1) is 32.0 Å². The smallest absolute Gasteiger partial charge is 0.220 e. The average molecular weight is 1170 g/mol. The van der Waals surface area contributed by atoms with E-state index >= 15 is 0 Å². The van der Waals surface area contributed by atoms with Gasteiger partial charge in [-0.25, -0.2) is 0 Å². The Morgan fingerprint density at radius 3 is 1.33 bits per heavy atom. The second-order valence-corrected chi connectivity index (χ2v) is 23.6. The summed E-state index contributed by atoms with van der Waals surface area (Å²) in [7, 11) is 0. The number of unbranched alkanes of at least 4 members (excludes halogenated alkanes) is 31. The summed E-state index contributed by atoms with van der Waals surface area (Å²) in [6, 6.07) is -0.950. The van der Waals surface area contributed by atoms with Crippen LogP contribution >= 0.6 is 0 Å². The SMILES string of the molecule is CC/C=C\C/C=C\C/C=C\C/C=C\CCCCCCC(=O)NC(COC1OC(CO)C(OC2OC(CO)C(O)C(O)C2O)C(O)C1O)C(O)/C=C/CC/C=C/CCCCCCCCCCCCCCCCCCCCCCCCCCCC. The van der Waals surface area contributed by atoms with Gasteiger partial charge in [0, 0.05) is 6.42 Å². The molecule has 14 heteroatoms. The number of carbonyl (C=O) groups is 1. The lowest BCUT2D eigenvalue weighted by Gasteiger charge is -2.46. The van der Waals surface area contributed by atoms with E-state index < -0.39 is 86.8 Å². The predicted octanol–water partition coefficient (Wildman–Crippen LogP) is 13.1. The molecular weight excluding hydrogens is 1050 g/mol. The number of carbonyl (C=O) groups excluding carboxylic acids is 1. The lowest BCUT2D eigenvalue weighted by Crippen LogP contribution is -2.65. The molecular formula is C69H123NO13. The topological polar surface area (TPSA) is 228 Å². The minimum absolute atomic E-state index is 0.242. The van der Waals surface area contributed by atoms with Gasteiger partial charge in [0.1, 0.15) is 48.8 Å². The number of hydrogen-bond donors (Lipinski definition) is 9. The fourth-order valence-corrected chi connectivity index (χ4v) is 10.8. The molecule has 83 heavy (non-hydrogen) atoms. The second kappa shape index (κ2) is 53.7. The fourth-order valence-electron chi connectivity index (χ4n) is 10.8. The predicted molar refractivity (Wildman–Crippen MR) is 337 cm³/mol. The average Bonchev–Trinajstić information content (AvgIpc) is 3.65. The number of hydrogen-bond acceptors (Lipinski definition) is 13. The van der Waals surface area contributed by atoms with Crippen LogP contribution in [0.25, 0.3) is 0 Å². The molecule has 0 aromatic heterocycles. The van der Waals surface area contributed by atoms with Crippen LogP contribution in [0.3, 0.4) is 0 Å². The summed E-state index contributed by atoms with van der Waals surface area (Å²) in [5, 5.41) is 87.2. The summed E-state index contributed by atoms with van der Waals surface area (Å²) in [6.07, 6.45) is 55.5. The van der Waals surface area contributed by atoms with E-state index in [-0.39, 0.29) is 18.9 Å². The molecule has 9 N–H and O–H groups in total. The van der Waals surface area contributed by atoms with Crippen molar-refractivity contribution < 1.29 is 64.6 Å². The number of allylic oxidation sites excluding steroid dienone is 11. The third-order valence-electron chi connectivity index (χ3n) is 16.1. The highest BCUT2D eigenvalue weighted by molar-refractivity contribution is 5.76. The first-order valence-electron chi connectivity index (χ1n) is 33.7. The molecule has 0 radical (unpaired) electrons. The van der Waals surface area contributed by atoms with Gasteiger partial charge in [-0.2, -0.15) is 0 Å². The van der Waals surface area contributed by atoms with Crippen LogP contribution in [0.2, 0.25) is 0 Å². The van der Waals surface area contributed by atoms with Crippen molar-refractivity contribution in [3.05, 3.63) is 72.9 Å². The molecule has 12 unspecified atom stereocenters. The maximum atomic E-state index is 13.3. The van der Waals surface area contributed by atoms with Crippen molar-refractivity contribution >= 4 is 5.91 Å². The van der Waals surface area contributed by atoms with Crippen molar-refractivity contribution in [1.29, 1.82) is 0 Å². The molecule has 0 bridgehead atoms. The van der Waals surface area contributed by atoms with Crippen LogP contribution in [0.15, 0.2) is 72.9 Å². The molecule has 12 atom stereocenters.